The number of hydrazone groups is 1. The summed E-state index contributed by atoms with van der Waals surface area (Å²) in [5, 5.41) is 4.27. The number of carbonyl (C=O) groups excluding carboxylic acids is 2. The molecule has 0 fully saturated rings. The third-order valence-electron chi connectivity index (χ3n) is 4.79. The second-order valence-corrected chi connectivity index (χ2v) is 7.69. The Morgan fingerprint density at radius 3 is 2.52 bits per heavy atom. The van der Waals surface area contributed by atoms with E-state index in [1.165, 1.54) is 6.08 Å². The van der Waals surface area contributed by atoms with Crippen LogP contribution in [0.25, 0.3) is 0 Å². The molecule has 154 valence electrons. The number of fused-ring (bicyclic) bond motifs is 1. The number of ether oxygens (including phenoxy) is 3. The lowest BCUT2D eigenvalue weighted by Crippen LogP contribution is -2.37. The van der Waals surface area contributed by atoms with E-state index in [2.05, 4.69) is 10.5 Å². The Kier molecular flexibility index (Phi) is 5.46. The number of nitrogens with zero attached hydrogens (tertiary/aromatic N) is 2. The second kappa shape index (κ2) is 7.69. The molecule has 0 saturated carbocycles. The molecule has 0 unspecified atom stereocenters. The Hall–Kier alpha value is -3.16. The predicted molar refractivity (Wildman–Crippen MR) is 108 cm³/mol. The van der Waals surface area contributed by atoms with Gasteiger partial charge in [-0.15, -0.1) is 0 Å². The van der Waals surface area contributed by atoms with Crippen molar-refractivity contribution in [1.29, 1.82) is 0 Å². The maximum Gasteiger partial charge on any atom is 0.327 e. The topological polar surface area (TPSA) is 98.6 Å². The third-order valence-corrected chi connectivity index (χ3v) is 4.79. The van der Waals surface area contributed by atoms with E-state index in [0.29, 0.717) is 29.5 Å². The number of allylic oxidation sites excluding steroid dienone is 2. The van der Waals surface area contributed by atoms with Crippen molar-refractivity contribution in [3.63, 3.8) is 0 Å². The van der Waals surface area contributed by atoms with E-state index in [9.17, 15) is 9.59 Å². The molecule has 2 aliphatic rings. The number of carbonyl (C=O) groups is 2. The number of nitrogens with one attached hydrogen (secondary N) is 1. The number of benzene rings is 1. The van der Waals surface area contributed by atoms with E-state index in [1.54, 1.807) is 28.1 Å². The number of aliphatic imine (C=N–C) groups is 1. The SMILES string of the molecule is COc1cc2c(cc1OC)C(N/N=C(/C)[C@@H]1C(=O)C=C(C)OC1=O)=NC(C)(C)C2. The fourth-order valence-electron chi connectivity index (χ4n) is 3.47. The molecule has 0 aliphatic carbocycles. The number of hydrogen-bond acceptors (Lipinski definition) is 8. The molecule has 0 radical (unpaired) electrons. The molecule has 1 atom stereocenters. The number of cyclic esters (lactones) is 1. The van der Waals surface area contributed by atoms with Crippen LogP contribution in [0.2, 0.25) is 0 Å². The van der Waals surface area contributed by atoms with Gasteiger partial charge in [0.2, 0.25) is 0 Å². The molecule has 0 amide bonds. The molecular formula is C21H25N3O5. The molecule has 0 aromatic heterocycles. The highest BCUT2D eigenvalue weighted by atomic mass is 16.5. The molecule has 8 heteroatoms. The van der Waals surface area contributed by atoms with E-state index in [0.717, 1.165) is 11.1 Å². The van der Waals surface area contributed by atoms with Crippen molar-refractivity contribution < 1.29 is 23.8 Å². The molecule has 2 aliphatic heterocycles. The quantitative estimate of drug-likeness (QED) is 0.361. The van der Waals surface area contributed by atoms with Crippen LogP contribution in [0.5, 0.6) is 11.5 Å². The van der Waals surface area contributed by atoms with Gasteiger partial charge in [0.05, 0.1) is 25.5 Å². The Morgan fingerprint density at radius 2 is 1.90 bits per heavy atom. The molecule has 0 bridgehead atoms. The zero-order valence-corrected chi connectivity index (χ0v) is 17.5. The van der Waals surface area contributed by atoms with E-state index in [-0.39, 0.29) is 17.1 Å². The fourth-order valence-corrected chi connectivity index (χ4v) is 3.47. The third kappa shape index (κ3) is 4.16. The summed E-state index contributed by atoms with van der Waals surface area (Å²) in [6, 6.07) is 3.77. The standard InChI is InChI=1S/C21H25N3O5/c1-11-7-15(25)18(20(26)29-11)12(2)23-24-19-14-9-17(28-6)16(27-5)8-13(14)10-21(3,4)22-19/h7-9,18H,10H2,1-6H3,(H,22,24)/b23-12-/t18-/m1/s1. The fraction of sp³-hybridized carbons (Fsp3) is 0.429. The Balaban J connectivity index is 1.94. The highest BCUT2D eigenvalue weighted by Crippen LogP contribution is 2.35. The molecule has 8 nitrogen and oxygen atoms in total. The highest BCUT2D eigenvalue weighted by Gasteiger charge is 2.34. The number of amidine groups is 1. The van der Waals surface area contributed by atoms with Crippen LogP contribution in [-0.2, 0) is 20.7 Å². The lowest BCUT2D eigenvalue weighted by molar-refractivity contribution is -0.146. The van der Waals surface area contributed by atoms with Crippen LogP contribution in [0, 0.1) is 5.92 Å². The van der Waals surface area contributed by atoms with Gasteiger partial charge < -0.3 is 14.2 Å². The van der Waals surface area contributed by atoms with Gasteiger partial charge in [-0.1, -0.05) is 0 Å². The average Bonchev–Trinajstić information content (AvgIpc) is 2.63. The van der Waals surface area contributed by atoms with Crippen molar-refractivity contribution in [2.45, 2.75) is 39.7 Å². The van der Waals surface area contributed by atoms with E-state index in [1.807, 2.05) is 26.0 Å². The summed E-state index contributed by atoms with van der Waals surface area (Å²) in [6.45, 7) is 7.20. The van der Waals surface area contributed by atoms with Crippen LogP contribution in [-0.4, -0.2) is 43.1 Å². The summed E-state index contributed by atoms with van der Waals surface area (Å²) < 4.78 is 15.9. The summed E-state index contributed by atoms with van der Waals surface area (Å²) in [5.41, 5.74) is 4.73. The van der Waals surface area contributed by atoms with Crippen LogP contribution >= 0.6 is 0 Å². The molecular weight excluding hydrogens is 374 g/mol. The minimum absolute atomic E-state index is 0.283. The number of methoxy groups -OCH3 is 2. The zero-order valence-electron chi connectivity index (χ0n) is 17.5. The molecule has 1 N–H and O–H groups in total. The average molecular weight is 399 g/mol. The maximum atomic E-state index is 12.2. The van der Waals surface area contributed by atoms with Gasteiger partial charge in [-0.2, -0.15) is 5.10 Å². The Morgan fingerprint density at radius 1 is 1.24 bits per heavy atom. The summed E-state index contributed by atoms with van der Waals surface area (Å²) in [7, 11) is 3.16. The Labute approximate surface area is 169 Å². The number of esters is 1. The minimum atomic E-state index is -1.06. The van der Waals surface area contributed by atoms with E-state index >= 15 is 0 Å². The van der Waals surface area contributed by atoms with Crippen molar-refractivity contribution in [3.8, 4) is 11.5 Å². The second-order valence-electron chi connectivity index (χ2n) is 7.69. The van der Waals surface area contributed by atoms with Crippen LogP contribution in [0.4, 0.5) is 0 Å². The lowest BCUT2D eigenvalue weighted by Gasteiger charge is -2.29. The van der Waals surface area contributed by atoms with Crippen molar-refractivity contribution in [2.75, 3.05) is 14.2 Å². The van der Waals surface area contributed by atoms with Gasteiger partial charge in [0.1, 0.15) is 11.6 Å². The zero-order chi connectivity index (χ0) is 21.3. The summed E-state index contributed by atoms with van der Waals surface area (Å²) >= 11 is 0. The highest BCUT2D eigenvalue weighted by molar-refractivity contribution is 6.23. The van der Waals surface area contributed by atoms with Crippen LogP contribution in [0.15, 0.2) is 34.1 Å². The van der Waals surface area contributed by atoms with E-state index < -0.39 is 11.9 Å². The van der Waals surface area contributed by atoms with Crippen molar-refractivity contribution >= 4 is 23.3 Å². The molecule has 1 aromatic carbocycles. The molecule has 1 aromatic rings. The normalized spacial score (nSPS) is 20.9. The first-order chi connectivity index (χ1) is 13.6. The van der Waals surface area contributed by atoms with Crippen molar-refractivity contribution in [2.24, 2.45) is 16.0 Å². The number of hydrogen-bond donors (Lipinski definition) is 1. The number of ketones is 1. The van der Waals surface area contributed by atoms with Gasteiger partial charge in [0, 0.05) is 11.6 Å². The molecule has 2 heterocycles. The lowest BCUT2D eigenvalue weighted by atomic mass is 9.88. The largest absolute Gasteiger partial charge is 0.493 e. The number of rotatable bonds is 4. The van der Waals surface area contributed by atoms with Crippen LogP contribution < -0.4 is 14.9 Å². The van der Waals surface area contributed by atoms with E-state index in [4.69, 9.17) is 19.2 Å². The molecule has 29 heavy (non-hydrogen) atoms. The monoisotopic (exact) mass is 399 g/mol. The summed E-state index contributed by atoms with van der Waals surface area (Å²) in [5.74, 6) is -0.0117. The van der Waals surface area contributed by atoms with Crippen molar-refractivity contribution in [3.05, 3.63) is 35.1 Å². The molecule has 0 spiro atoms. The van der Waals surface area contributed by atoms with Gasteiger partial charge in [0.15, 0.2) is 23.2 Å². The smallest absolute Gasteiger partial charge is 0.327 e. The van der Waals surface area contributed by atoms with Crippen LogP contribution in [0.3, 0.4) is 0 Å². The first-order valence-electron chi connectivity index (χ1n) is 9.24. The van der Waals surface area contributed by atoms with Crippen molar-refractivity contribution in [1.82, 2.24) is 5.43 Å². The minimum Gasteiger partial charge on any atom is -0.493 e. The maximum absolute atomic E-state index is 12.2. The van der Waals surface area contributed by atoms with Gasteiger partial charge >= 0.3 is 5.97 Å². The summed E-state index contributed by atoms with van der Waals surface area (Å²) in [6.07, 6.45) is 2.02. The van der Waals surface area contributed by atoms with Gasteiger partial charge in [-0.3, -0.25) is 20.0 Å². The van der Waals surface area contributed by atoms with Crippen LogP contribution in [0.1, 0.15) is 38.8 Å². The Bertz CT molecular complexity index is 959. The first kappa shape index (κ1) is 20.6. The molecule has 3 rings (SSSR count). The van der Waals surface area contributed by atoms with Gasteiger partial charge in [0.25, 0.3) is 0 Å². The first-order valence-corrected chi connectivity index (χ1v) is 9.24. The van der Waals surface area contributed by atoms with Gasteiger partial charge in [-0.05, 0) is 51.8 Å². The van der Waals surface area contributed by atoms with Gasteiger partial charge in [-0.25, -0.2) is 0 Å². The predicted octanol–water partition coefficient (Wildman–Crippen LogP) is 2.40. The summed E-state index contributed by atoms with van der Waals surface area (Å²) in [4.78, 5) is 29.1. The molecule has 0 saturated heterocycles.